The molecule has 0 radical (unpaired) electrons. The lowest BCUT2D eigenvalue weighted by Crippen LogP contribution is -2.40. The van der Waals surface area contributed by atoms with Crippen LogP contribution in [0.1, 0.15) is 24.8 Å². The number of ether oxygens (including phenoxy) is 1. The first-order valence-electron chi connectivity index (χ1n) is 6.99. The largest absolute Gasteiger partial charge is 0.496 e. The van der Waals surface area contributed by atoms with Crippen molar-refractivity contribution in [1.29, 1.82) is 0 Å². The summed E-state index contributed by atoms with van der Waals surface area (Å²) in [6, 6.07) is 7.12. The molecule has 114 valence electrons. The van der Waals surface area contributed by atoms with Crippen molar-refractivity contribution >= 4 is 12.0 Å². The SMILES string of the molecule is COc1ccccc1CNC(=O)NC1CCC(C(=O)O)C1. The second kappa shape index (κ2) is 6.97. The molecule has 2 atom stereocenters. The standard InChI is InChI=1S/C15H20N2O4/c1-21-13-5-3-2-4-11(13)9-16-15(20)17-12-7-6-10(8-12)14(18)19/h2-5,10,12H,6-9H2,1H3,(H,18,19)(H2,16,17,20). The minimum Gasteiger partial charge on any atom is -0.496 e. The minimum absolute atomic E-state index is 0.0660. The van der Waals surface area contributed by atoms with E-state index in [9.17, 15) is 9.59 Å². The Morgan fingerprint density at radius 2 is 2.10 bits per heavy atom. The lowest BCUT2D eigenvalue weighted by Gasteiger charge is -2.14. The number of rotatable bonds is 5. The van der Waals surface area contributed by atoms with Gasteiger partial charge in [0.25, 0.3) is 0 Å². The summed E-state index contributed by atoms with van der Waals surface area (Å²) in [6.45, 7) is 0.366. The maximum absolute atomic E-state index is 11.8. The first-order chi connectivity index (χ1) is 10.1. The van der Waals surface area contributed by atoms with E-state index in [1.165, 1.54) is 0 Å². The number of carboxylic acids is 1. The van der Waals surface area contributed by atoms with Crippen LogP contribution in [0, 0.1) is 5.92 Å². The first-order valence-corrected chi connectivity index (χ1v) is 6.99. The first kappa shape index (κ1) is 15.2. The lowest BCUT2D eigenvalue weighted by molar-refractivity contribution is -0.141. The summed E-state index contributed by atoms with van der Waals surface area (Å²) >= 11 is 0. The number of methoxy groups -OCH3 is 1. The van der Waals surface area contributed by atoms with Gasteiger partial charge in [0, 0.05) is 18.2 Å². The van der Waals surface area contributed by atoms with Gasteiger partial charge in [0.2, 0.25) is 0 Å². The van der Waals surface area contributed by atoms with Crippen LogP contribution in [0.15, 0.2) is 24.3 Å². The van der Waals surface area contributed by atoms with Gasteiger partial charge in [-0.05, 0) is 25.3 Å². The van der Waals surface area contributed by atoms with E-state index in [0.29, 0.717) is 25.8 Å². The molecule has 0 saturated heterocycles. The normalized spacial score (nSPS) is 20.8. The van der Waals surface area contributed by atoms with Crippen LogP contribution in [0.2, 0.25) is 0 Å². The molecule has 0 heterocycles. The molecule has 0 aliphatic heterocycles. The van der Waals surface area contributed by atoms with Gasteiger partial charge in [-0.15, -0.1) is 0 Å². The van der Waals surface area contributed by atoms with Crippen molar-refractivity contribution in [3.63, 3.8) is 0 Å². The van der Waals surface area contributed by atoms with Crippen molar-refractivity contribution in [1.82, 2.24) is 10.6 Å². The molecule has 0 aromatic heterocycles. The molecule has 1 aliphatic carbocycles. The van der Waals surface area contributed by atoms with E-state index in [4.69, 9.17) is 9.84 Å². The number of amides is 2. The average Bonchev–Trinajstić information content (AvgIpc) is 2.94. The maximum atomic E-state index is 11.8. The number of carboxylic acid groups (broad SMARTS) is 1. The molecule has 1 aromatic rings. The van der Waals surface area contributed by atoms with Crippen molar-refractivity contribution in [2.45, 2.75) is 31.8 Å². The smallest absolute Gasteiger partial charge is 0.315 e. The molecule has 6 nitrogen and oxygen atoms in total. The zero-order valence-corrected chi connectivity index (χ0v) is 12.0. The highest BCUT2D eigenvalue weighted by molar-refractivity contribution is 5.75. The molecule has 1 fully saturated rings. The van der Waals surface area contributed by atoms with Gasteiger partial charge >= 0.3 is 12.0 Å². The monoisotopic (exact) mass is 292 g/mol. The molecule has 1 aromatic carbocycles. The highest BCUT2D eigenvalue weighted by atomic mass is 16.5. The number of carbonyl (C=O) groups is 2. The van der Waals surface area contributed by atoms with E-state index in [2.05, 4.69) is 10.6 Å². The predicted molar refractivity (Wildman–Crippen MR) is 77.1 cm³/mol. The van der Waals surface area contributed by atoms with Gasteiger partial charge in [-0.1, -0.05) is 18.2 Å². The summed E-state index contributed by atoms with van der Waals surface area (Å²) in [4.78, 5) is 22.7. The summed E-state index contributed by atoms with van der Waals surface area (Å²) in [5.74, 6) is -0.400. The molecule has 0 bridgehead atoms. The molecule has 1 saturated carbocycles. The second-order valence-electron chi connectivity index (χ2n) is 5.18. The number of para-hydroxylation sites is 1. The van der Waals surface area contributed by atoms with E-state index >= 15 is 0 Å². The molecule has 1 aliphatic rings. The van der Waals surface area contributed by atoms with Gasteiger partial charge in [-0.3, -0.25) is 4.79 Å². The molecule has 6 heteroatoms. The number of urea groups is 1. The Morgan fingerprint density at radius 3 is 2.76 bits per heavy atom. The van der Waals surface area contributed by atoms with Crippen LogP contribution in [0.25, 0.3) is 0 Å². The summed E-state index contributed by atoms with van der Waals surface area (Å²) in [5.41, 5.74) is 0.894. The quantitative estimate of drug-likeness (QED) is 0.771. The molecule has 0 spiro atoms. The summed E-state index contributed by atoms with van der Waals surface area (Å²) in [6.07, 6.45) is 1.82. The van der Waals surface area contributed by atoms with Gasteiger partial charge in [-0.2, -0.15) is 0 Å². The molecule has 2 rings (SSSR count). The van der Waals surface area contributed by atoms with Gasteiger partial charge in [0.15, 0.2) is 0 Å². The zero-order valence-electron chi connectivity index (χ0n) is 12.0. The van der Waals surface area contributed by atoms with Crippen LogP contribution >= 0.6 is 0 Å². The number of carbonyl (C=O) groups excluding carboxylic acids is 1. The van der Waals surface area contributed by atoms with Gasteiger partial charge < -0.3 is 20.5 Å². The topological polar surface area (TPSA) is 87.7 Å². The summed E-state index contributed by atoms with van der Waals surface area (Å²) in [5, 5.41) is 14.5. The molecule has 2 amide bonds. The molecular formula is C15H20N2O4. The summed E-state index contributed by atoms with van der Waals surface area (Å²) < 4.78 is 5.21. The highest BCUT2D eigenvalue weighted by Gasteiger charge is 2.30. The Hall–Kier alpha value is -2.24. The van der Waals surface area contributed by atoms with E-state index in [1.54, 1.807) is 7.11 Å². The van der Waals surface area contributed by atoms with Crippen LogP contribution in [0.3, 0.4) is 0 Å². The van der Waals surface area contributed by atoms with Crippen LogP contribution < -0.4 is 15.4 Å². The Bertz CT molecular complexity index is 518. The zero-order chi connectivity index (χ0) is 15.2. The molecular weight excluding hydrogens is 272 g/mol. The van der Waals surface area contributed by atoms with Crippen LogP contribution in [-0.4, -0.2) is 30.3 Å². The van der Waals surface area contributed by atoms with Gasteiger partial charge in [0.1, 0.15) is 5.75 Å². The van der Waals surface area contributed by atoms with E-state index in [1.807, 2.05) is 24.3 Å². The Morgan fingerprint density at radius 1 is 1.33 bits per heavy atom. The number of aliphatic carboxylic acids is 1. The van der Waals surface area contributed by atoms with E-state index in [0.717, 1.165) is 11.3 Å². The summed E-state index contributed by atoms with van der Waals surface area (Å²) in [7, 11) is 1.59. The molecule has 2 unspecified atom stereocenters. The van der Waals surface area contributed by atoms with Crippen LogP contribution in [0.5, 0.6) is 5.75 Å². The van der Waals surface area contributed by atoms with Crippen LogP contribution in [0.4, 0.5) is 4.79 Å². The van der Waals surface area contributed by atoms with Gasteiger partial charge in [0.05, 0.1) is 13.0 Å². The van der Waals surface area contributed by atoms with Crippen molar-refractivity contribution in [2.24, 2.45) is 5.92 Å². The lowest BCUT2D eigenvalue weighted by atomic mass is 10.1. The van der Waals surface area contributed by atoms with E-state index in [-0.39, 0.29) is 18.0 Å². The predicted octanol–water partition coefficient (Wildman–Crippen LogP) is 1.75. The fourth-order valence-corrected chi connectivity index (χ4v) is 2.60. The Labute approximate surface area is 123 Å². The highest BCUT2D eigenvalue weighted by Crippen LogP contribution is 2.25. The third kappa shape index (κ3) is 4.11. The Kier molecular flexibility index (Phi) is 5.03. The average molecular weight is 292 g/mol. The fraction of sp³-hybridized carbons (Fsp3) is 0.467. The van der Waals surface area contributed by atoms with Crippen molar-refractivity contribution in [3.8, 4) is 5.75 Å². The number of hydrogen-bond acceptors (Lipinski definition) is 3. The maximum Gasteiger partial charge on any atom is 0.315 e. The number of benzene rings is 1. The van der Waals surface area contributed by atoms with Crippen molar-refractivity contribution in [2.75, 3.05) is 7.11 Å². The third-order valence-electron chi connectivity index (χ3n) is 3.75. The number of nitrogens with one attached hydrogen (secondary N) is 2. The molecule has 3 N–H and O–H groups in total. The fourth-order valence-electron chi connectivity index (χ4n) is 2.60. The van der Waals surface area contributed by atoms with Crippen molar-refractivity contribution in [3.05, 3.63) is 29.8 Å². The van der Waals surface area contributed by atoms with Crippen molar-refractivity contribution < 1.29 is 19.4 Å². The van der Waals surface area contributed by atoms with Crippen LogP contribution in [-0.2, 0) is 11.3 Å². The third-order valence-corrected chi connectivity index (χ3v) is 3.75. The van der Waals surface area contributed by atoms with E-state index < -0.39 is 5.97 Å². The van der Waals surface area contributed by atoms with Gasteiger partial charge in [-0.25, -0.2) is 4.79 Å². The Balaban J connectivity index is 1.79. The molecule has 21 heavy (non-hydrogen) atoms. The number of hydrogen-bond donors (Lipinski definition) is 3. The second-order valence-corrected chi connectivity index (χ2v) is 5.18. The minimum atomic E-state index is -0.784.